The van der Waals surface area contributed by atoms with Gasteiger partial charge in [-0.05, 0) is 57.5 Å². The number of benzene rings is 1. The number of amides is 2. The van der Waals surface area contributed by atoms with Crippen LogP contribution < -0.4 is 16.0 Å². The molecule has 0 aliphatic carbocycles. The molecule has 2 amide bonds. The fourth-order valence-electron chi connectivity index (χ4n) is 4.17. The molecular formula is C24H28N6OS. The van der Waals surface area contributed by atoms with E-state index in [9.17, 15) is 10.1 Å². The van der Waals surface area contributed by atoms with Crippen LogP contribution in [0.15, 0.2) is 36.4 Å². The second-order valence-electron chi connectivity index (χ2n) is 8.47. The topological polar surface area (TPSA) is 93.1 Å². The van der Waals surface area contributed by atoms with Gasteiger partial charge < -0.3 is 20.9 Å². The second kappa shape index (κ2) is 8.85. The van der Waals surface area contributed by atoms with Gasteiger partial charge in [-0.25, -0.2) is 4.79 Å². The van der Waals surface area contributed by atoms with Gasteiger partial charge in [-0.1, -0.05) is 23.9 Å². The Morgan fingerprint density at radius 2 is 2.03 bits per heavy atom. The number of thioether (sulfide) groups is 1. The van der Waals surface area contributed by atoms with Gasteiger partial charge in [-0.3, -0.25) is 4.98 Å². The summed E-state index contributed by atoms with van der Waals surface area (Å²) >= 11 is 1.58. The number of rotatable bonds is 3. The minimum atomic E-state index is -0.736. The van der Waals surface area contributed by atoms with E-state index in [0.717, 1.165) is 46.2 Å². The number of piperazine rings is 1. The monoisotopic (exact) mass is 448 g/mol. The Hall–Kier alpha value is -3.02. The number of urea groups is 1. The molecular weight excluding hydrogens is 420 g/mol. The minimum absolute atomic E-state index is 0.0880. The summed E-state index contributed by atoms with van der Waals surface area (Å²) in [5.41, 5.74) is 5.31. The van der Waals surface area contributed by atoms with E-state index in [1.807, 2.05) is 50.8 Å². The number of aryl methyl sites for hydroxylation is 2. The zero-order valence-electron chi connectivity index (χ0n) is 18.8. The molecule has 8 heteroatoms. The van der Waals surface area contributed by atoms with Gasteiger partial charge in [0.2, 0.25) is 0 Å². The first kappa shape index (κ1) is 22.2. The summed E-state index contributed by atoms with van der Waals surface area (Å²) in [4.78, 5) is 19.8. The highest BCUT2D eigenvalue weighted by Gasteiger charge is 2.39. The number of hydrogen-bond donors (Lipinski definition) is 3. The van der Waals surface area contributed by atoms with Crippen LogP contribution in [-0.4, -0.2) is 46.6 Å². The average Bonchev–Trinajstić information content (AvgIpc) is 3.10. The number of nitrogens with one attached hydrogen (secondary N) is 3. The molecule has 3 heterocycles. The third-order valence-electron chi connectivity index (χ3n) is 5.63. The van der Waals surface area contributed by atoms with Crippen LogP contribution in [0.25, 0.3) is 10.6 Å². The molecule has 4 rings (SSSR count). The van der Waals surface area contributed by atoms with Crippen molar-refractivity contribution in [3.8, 4) is 6.07 Å². The van der Waals surface area contributed by atoms with Crippen molar-refractivity contribution in [1.29, 1.82) is 5.26 Å². The highest BCUT2D eigenvalue weighted by atomic mass is 32.2. The third-order valence-corrected chi connectivity index (χ3v) is 6.88. The van der Waals surface area contributed by atoms with Crippen LogP contribution in [0.5, 0.6) is 0 Å². The SMILES string of the molecule is Cc1cc(C2=C(c3cccc(C#N)c3)NC(C)(NC(=O)N3CCNC[C@@H]3C)S2)cc(C)n1. The van der Waals surface area contributed by atoms with Crippen molar-refractivity contribution in [3.05, 3.63) is 64.5 Å². The molecule has 2 aliphatic heterocycles. The van der Waals surface area contributed by atoms with Crippen LogP contribution >= 0.6 is 11.8 Å². The lowest BCUT2D eigenvalue weighted by molar-refractivity contribution is 0.159. The summed E-state index contributed by atoms with van der Waals surface area (Å²) in [7, 11) is 0. The van der Waals surface area contributed by atoms with Crippen molar-refractivity contribution in [2.45, 2.75) is 38.7 Å². The summed E-state index contributed by atoms with van der Waals surface area (Å²) in [6.45, 7) is 10.2. The molecule has 1 saturated heterocycles. The average molecular weight is 449 g/mol. The first-order valence-electron chi connectivity index (χ1n) is 10.7. The number of carbonyl (C=O) groups excluding carboxylic acids is 1. The Kier molecular flexibility index (Phi) is 6.13. The van der Waals surface area contributed by atoms with Crippen molar-refractivity contribution in [2.75, 3.05) is 19.6 Å². The Labute approximate surface area is 193 Å². The first-order valence-corrected chi connectivity index (χ1v) is 11.6. The van der Waals surface area contributed by atoms with Crippen LogP contribution in [0.1, 0.15) is 41.9 Å². The molecule has 0 saturated carbocycles. The highest BCUT2D eigenvalue weighted by Crippen LogP contribution is 2.46. The number of carbonyl (C=O) groups is 1. The Morgan fingerprint density at radius 3 is 2.72 bits per heavy atom. The van der Waals surface area contributed by atoms with Crippen molar-refractivity contribution < 1.29 is 4.79 Å². The highest BCUT2D eigenvalue weighted by molar-refractivity contribution is 8.10. The molecule has 2 aliphatic rings. The quantitative estimate of drug-likeness (QED) is 0.666. The molecule has 1 aromatic carbocycles. The number of nitriles is 1. The second-order valence-corrected chi connectivity index (χ2v) is 9.90. The van der Waals surface area contributed by atoms with Crippen LogP contribution in [-0.2, 0) is 0 Å². The standard InChI is InChI=1S/C24H28N6OS/c1-15-10-20(11-16(2)27-15)22-21(19-7-5-6-18(12-19)13-25)28-24(4,32-22)29-23(31)30-9-8-26-14-17(30)3/h5-7,10-12,17,26,28H,8-9,14H2,1-4H3,(H,29,31)/t17-,24?/m0/s1. The molecule has 0 radical (unpaired) electrons. The summed E-state index contributed by atoms with van der Waals surface area (Å²) in [6, 6.07) is 13.9. The molecule has 0 spiro atoms. The molecule has 3 N–H and O–H groups in total. The van der Waals surface area contributed by atoms with E-state index in [0.29, 0.717) is 12.1 Å². The van der Waals surface area contributed by atoms with Gasteiger partial charge in [0.25, 0.3) is 0 Å². The van der Waals surface area contributed by atoms with E-state index in [1.54, 1.807) is 17.8 Å². The maximum atomic E-state index is 13.1. The van der Waals surface area contributed by atoms with E-state index >= 15 is 0 Å². The zero-order valence-corrected chi connectivity index (χ0v) is 19.6. The molecule has 1 aromatic heterocycles. The van der Waals surface area contributed by atoms with Crippen molar-refractivity contribution >= 4 is 28.4 Å². The summed E-state index contributed by atoms with van der Waals surface area (Å²) in [5, 5.41) is 19.4. The van der Waals surface area contributed by atoms with Gasteiger partial charge in [-0.2, -0.15) is 5.26 Å². The van der Waals surface area contributed by atoms with Gasteiger partial charge in [0.05, 0.1) is 17.3 Å². The Bertz CT molecular complexity index is 1100. The Balaban J connectivity index is 1.69. The summed E-state index contributed by atoms with van der Waals surface area (Å²) in [5.74, 6) is 0. The van der Waals surface area contributed by atoms with Crippen LogP contribution in [0.3, 0.4) is 0 Å². The zero-order chi connectivity index (χ0) is 22.9. The van der Waals surface area contributed by atoms with Crippen LogP contribution in [0.2, 0.25) is 0 Å². The van der Waals surface area contributed by atoms with Gasteiger partial charge in [0.1, 0.15) is 0 Å². The number of pyridine rings is 1. The molecule has 1 fully saturated rings. The molecule has 2 atom stereocenters. The first-order chi connectivity index (χ1) is 15.3. The number of hydrogen-bond acceptors (Lipinski definition) is 6. The van der Waals surface area contributed by atoms with Crippen LogP contribution in [0, 0.1) is 25.2 Å². The predicted octanol–water partition coefficient (Wildman–Crippen LogP) is 3.41. The molecule has 1 unspecified atom stereocenters. The molecule has 0 bridgehead atoms. The van der Waals surface area contributed by atoms with Gasteiger partial charge in [0.15, 0.2) is 4.99 Å². The largest absolute Gasteiger partial charge is 0.353 e. The van der Waals surface area contributed by atoms with Crippen LogP contribution in [0.4, 0.5) is 4.79 Å². The van der Waals surface area contributed by atoms with Gasteiger partial charge in [-0.15, -0.1) is 0 Å². The molecule has 166 valence electrons. The molecule has 32 heavy (non-hydrogen) atoms. The van der Waals surface area contributed by atoms with E-state index in [1.165, 1.54) is 0 Å². The predicted molar refractivity (Wildman–Crippen MR) is 128 cm³/mol. The lowest BCUT2D eigenvalue weighted by Crippen LogP contribution is -2.60. The van der Waals surface area contributed by atoms with E-state index in [-0.39, 0.29) is 12.1 Å². The Morgan fingerprint density at radius 1 is 1.28 bits per heavy atom. The van der Waals surface area contributed by atoms with Crippen molar-refractivity contribution in [1.82, 2.24) is 25.8 Å². The third kappa shape index (κ3) is 4.59. The van der Waals surface area contributed by atoms with Crippen molar-refractivity contribution in [3.63, 3.8) is 0 Å². The van der Waals surface area contributed by atoms with Gasteiger partial charge >= 0.3 is 6.03 Å². The summed E-state index contributed by atoms with van der Waals surface area (Å²) in [6.07, 6.45) is 0. The lowest BCUT2D eigenvalue weighted by Gasteiger charge is -2.37. The van der Waals surface area contributed by atoms with Gasteiger partial charge in [0, 0.05) is 47.5 Å². The van der Waals surface area contributed by atoms with E-state index < -0.39 is 4.99 Å². The summed E-state index contributed by atoms with van der Waals surface area (Å²) < 4.78 is 0. The normalized spacial score (nSPS) is 23.0. The van der Waals surface area contributed by atoms with Crippen molar-refractivity contribution in [2.24, 2.45) is 0 Å². The molecule has 2 aromatic rings. The number of aromatic nitrogens is 1. The fraction of sp³-hybridized carbons (Fsp3) is 0.375. The maximum absolute atomic E-state index is 13.1. The lowest BCUT2D eigenvalue weighted by atomic mass is 10.1. The van der Waals surface area contributed by atoms with E-state index in [2.05, 4.69) is 39.1 Å². The van der Waals surface area contributed by atoms with E-state index in [4.69, 9.17) is 0 Å². The minimum Gasteiger partial charge on any atom is -0.353 e. The maximum Gasteiger partial charge on any atom is 0.320 e. The number of nitrogens with zero attached hydrogens (tertiary/aromatic N) is 3. The smallest absolute Gasteiger partial charge is 0.320 e. The fourth-order valence-corrected chi connectivity index (χ4v) is 5.37. The molecule has 7 nitrogen and oxygen atoms in total.